The standard InChI is InChI=1S/C6H7ClN2/c7-6(3-5-9)2-1-4-8/h6H,1-3H2/t6-/m0/s1. The van der Waals surface area contributed by atoms with E-state index in [1.165, 1.54) is 0 Å². The maximum Gasteiger partial charge on any atom is 0.0637 e. The zero-order chi connectivity index (χ0) is 7.11. The molecule has 0 aliphatic rings. The zero-order valence-corrected chi connectivity index (χ0v) is 5.73. The molecule has 2 nitrogen and oxygen atoms in total. The van der Waals surface area contributed by atoms with Crippen molar-refractivity contribution in [2.75, 3.05) is 0 Å². The number of hydrogen-bond donors (Lipinski definition) is 0. The molecule has 0 aliphatic heterocycles. The van der Waals surface area contributed by atoms with Crippen molar-refractivity contribution >= 4 is 11.6 Å². The van der Waals surface area contributed by atoms with Gasteiger partial charge in [-0.1, -0.05) is 0 Å². The van der Waals surface area contributed by atoms with Crippen molar-refractivity contribution in [2.45, 2.75) is 24.6 Å². The third kappa shape index (κ3) is 5.14. The van der Waals surface area contributed by atoms with E-state index in [4.69, 9.17) is 22.1 Å². The molecule has 0 saturated heterocycles. The number of alkyl halides is 1. The summed E-state index contributed by atoms with van der Waals surface area (Å²) in [5.41, 5.74) is 0. The molecular formula is C6H7ClN2. The van der Waals surface area contributed by atoms with Crippen LogP contribution < -0.4 is 0 Å². The van der Waals surface area contributed by atoms with Crippen LogP contribution in [0.15, 0.2) is 0 Å². The van der Waals surface area contributed by atoms with Crippen LogP contribution in [0, 0.1) is 22.7 Å². The van der Waals surface area contributed by atoms with E-state index in [0.717, 1.165) is 0 Å². The second kappa shape index (κ2) is 5.41. The van der Waals surface area contributed by atoms with Gasteiger partial charge in [0, 0.05) is 11.8 Å². The Morgan fingerprint density at radius 1 is 1.33 bits per heavy atom. The molecule has 0 aliphatic carbocycles. The smallest absolute Gasteiger partial charge is 0.0637 e. The molecular weight excluding hydrogens is 136 g/mol. The fourth-order valence-corrected chi connectivity index (χ4v) is 0.600. The average molecular weight is 143 g/mol. The van der Waals surface area contributed by atoms with Crippen molar-refractivity contribution in [3.05, 3.63) is 0 Å². The first-order valence-electron chi connectivity index (χ1n) is 2.69. The molecule has 0 heterocycles. The van der Waals surface area contributed by atoms with Gasteiger partial charge in [0.05, 0.1) is 18.6 Å². The average Bonchev–Trinajstić information content (AvgIpc) is 1.85. The van der Waals surface area contributed by atoms with Gasteiger partial charge in [-0.15, -0.1) is 11.6 Å². The normalized spacial score (nSPS) is 11.4. The lowest BCUT2D eigenvalue weighted by Gasteiger charge is -1.97. The first-order chi connectivity index (χ1) is 4.31. The van der Waals surface area contributed by atoms with E-state index >= 15 is 0 Å². The molecule has 0 unspecified atom stereocenters. The minimum absolute atomic E-state index is 0.144. The van der Waals surface area contributed by atoms with Crippen LogP contribution in [0.3, 0.4) is 0 Å². The molecule has 0 aromatic heterocycles. The summed E-state index contributed by atoms with van der Waals surface area (Å²) in [7, 11) is 0. The molecule has 0 fully saturated rings. The topological polar surface area (TPSA) is 47.6 Å². The van der Waals surface area contributed by atoms with Gasteiger partial charge in [-0.2, -0.15) is 10.5 Å². The van der Waals surface area contributed by atoms with E-state index in [-0.39, 0.29) is 5.38 Å². The molecule has 3 heteroatoms. The highest BCUT2D eigenvalue weighted by molar-refractivity contribution is 6.20. The van der Waals surface area contributed by atoms with Gasteiger partial charge >= 0.3 is 0 Å². The van der Waals surface area contributed by atoms with Crippen molar-refractivity contribution in [3.8, 4) is 12.1 Å². The van der Waals surface area contributed by atoms with Crippen LogP contribution in [-0.2, 0) is 0 Å². The van der Waals surface area contributed by atoms with Gasteiger partial charge in [-0.05, 0) is 6.42 Å². The lowest BCUT2D eigenvalue weighted by molar-refractivity contribution is 0.783. The Hall–Kier alpha value is -0.730. The summed E-state index contributed by atoms with van der Waals surface area (Å²) in [4.78, 5) is 0. The predicted octanol–water partition coefficient (Wildman–Crippen LogP) is 1.81. The number of nitriles is 2. The molecule has 0 rings (SSSR count). The van der Waals surface area contributed by atoms with Crippen molar-refractivity contribution in [1.29, 1.82) is 10.5 Å². The highest BCUT2D eigenvalue weighted by Gasteiger charge is 2.00. The third-order valence-electron chi connectivity index (χ3n) is 0.882. The van der Waals surface area contributed by atoms with Crippen LogP contribution in [0.4, 0.5) is 0 Å². The Morgan fingerprint density at radius 3 is 2.44 bits per heavy atom. The van der Waals surface area contributed by atoms with E-state index in [1.807, 2.05) is 12.1 Å². The summed E-state index contributed by atoms with van der Waals surface area (Å²) < 4.78 is 0. The summed E-state index contributed by atoms with van der Waals surface area (Å²) in [6.45, 7) is 0. The fraction of sp³-hybridized carbons (Fsp3) is 0.667. The monoisotopic (exact) mass is 142 g/mol. The minimum Gasteiger partial charge on any atom is -0.198 e. The van der Waals surface area contributed by atoms with Crippen molar-refractivity contribution < 1.29 is 0 Å². The van der Waals surface area contributed by atoms with Crippen molar-refractivity contribution in [2.24, 2.45) is 0 Å². The second-order valence-electron chi connectivity index (χ2n) is 1.66. The second-order valence-corrected chi connectivity index (χ2v) is 2.27. The number of nitrogens with zero attached hydrogens (tertiary/aromatic N) is 2. The molecule has 0 amide bonds. The molecule has 0 aromatic rings. The van der Waals surface area contributed by atoms with Gasteiger partial charge in [0.15, 0.2) is 0 Å². The van der Waals surface area contributed by atoms with Crippen LogP contribution >= 0.6 is 11.6 Å². The van der Waals surface area contributed by atoms with Gasteiger partial charge in [0.2, 0.25) is 0 Å². The Bertz CT molecular complexity index is 142. The highest BCUT2D eigenvalue weighted by atomic mass is 35.5. The minimum atomic E-state index is -0.144. The molecule has 0 aromatic carbocycles. The summed E-state index contributed by atoms with van der Waals surface area (Å²) in [5.74, 6) is 0. The van der Waals surface area contributed by atoms with Crippen LogP contribution in [0.1, 0.15) is 19.3 Å². The van der Waals surface area contributed by atoms with Gasteiger partial charge in [0.25, 0.3) is 0 Å². The molecule has 0 spiro atoms. The van der Waals surface area contributed by atoms with Crippen LogP contribution in [0.2, 0.25) is 0 Å². The number of rotatable bonds is 3. The lowest BCUT2D eigenvalue weighted by Crippen LogP contribution is -1.94. The number of halogens is 1. The Balaban J connectivity index is 3.21. The number of hydrogen-bond acceptors (Lipinski definition) is 2. The molecule has 0 radical (unpaired) electrons. The van der Waals surface area contributed by atoms with Crippen LogP contribution in [0.25, 0.3) is 0 Å². The Labute approximate surface area is 59.7 Å². The van der Waals surface area contributed by atoms with E-state index in [9.17, 15) is 0 Å². The third-order valence-corrected chi connectivity index (χ3v) is 1.25. The summed E-state index contributed by atoms with van der Waals surface area (Å²) >= 11 is 5.59. The fourth-order valence-electron chi connectivity index (χ4n) is 0.422. The SMILES string of the molecule is N#CCC[C@H](Cl)CC#N. The Morgan fingerprint density at radius 2 is 2.00 bits per heavy atom. The van der Waals surface area contributed by atoms with Gasteiger partial charge in [-0.25, -0.2) is 0 Å². The molecule has 0 saturated carbocycles. The van der Waals surface area contributed by atoms with E-state index in [2.05, 4.69) is 0 Å². The summed E-state index contributed by atoms with van der Waals surface area (Å²) in [5, 5.41) is 16.1. The van der Waals surface area contributed by atoms with E-state index in [1.54, 1.807) is 0 Å². The van der Waals surface area contributed by atoms with Gasteiger partial charge in [-0.3, -0.25) is 0 Å². The predicted molar refractivity (Wildman–Crippen MR) is 34.7 cm³/mol. The molecule has 48 valence electrons. The molecule has 1 atom stereocenters. The zero-order valence-electron chi connectivity index (χ0n) is 4.97. The summed E-state index contributed by atoms with van der Waals surface area (Å²) in [6.07, 6.45) is 1.39. The summed E-state index contributed by atoms with van der Waals surface area (Å²) in [6, 6.07) is 3.90. The van der Waals surface area contributed by atoms with Crippen LogP contribution in [0.5, 0.6) is 0 Å². The largest absolute Gasteiger partial charge is 0.198 e. The first kappa shape index (κ1) is 8.27. The van der Waals surface area contributed by atoms with Gasteiger partial charge in [0.1, 0.15) is 0 Å². The quantitative estimate of drug-likeness (QED) is 0.565. The molecule has 9 heavy (non-hydrogen) atoms. The highest BCUT2D eigenvalue weighted by Crippen LogP contribution is 2.07. The maximum absolute atomic E-state index is 8.12. The van der Waals surface area contributed by atoms with Crippen LogP contribution in [-0.4, -0.2) is 5.38 Å². The van der Waals surface area contributed by atoms with Crippen molar-refractivity contribution in [3.63, 3.8) is 0 Å². The Kier molecular flexibility index (Phi) is 4.97. The maximum atomic E-state index is 8.12. The van der Waals surface area contributed by atoms with E-state index < -0.39 is 0 Å². The molecule has 0 bridgehead atoms. The first-order valence-corrected chi connectivity index (χ1v) is 3.13. The lowest BCUT2D eigenvalue weighted by atomic mass is 10.2. The van der Waals surface area contributed by atoms with Crippen molar-refractivity contribution in [1.82, 2.24) is 0 Å². The van der Waals surface area contributed by atoms with E-state index in [0.29, 0.717) is 19.3 Å². The molecule has 0 N–H and O–H groups in total. The van der Waals surface area contributed by atoms with Gasteiger partial charge < -0.3 is 0 Å².